The molecule has 0 spiro atoms. The van der Waals surface area contributed by atoms with Crippen LogP contribution in [0.25, 0.3) is 10.2 Å². The molecule has 0 amide bonds. The van der Waals surface area contributed by atoms with Crippen LogP contribution < -0.4 is 15.1 Å². The zero-order valence-electron chi connectivity index (χ0n) is 12.7. The Balaban J connectivity index is 0.000000960. The van der Waals surface area contributed by atoms with Crippen LogP contribution >= 0.6 is 36.2 Å². The summed E-state index contributed by atoms with van der Waals surface area (Å²) in [5, 5.41) is 5.47. The molecule has 1 N–H and O–H groups in total. The number of thiophene rings is 1. The predicted molar refractivity (Wildman–Crippen MR) is 100 cm³/mol. The summed E-state index contributed by atoms with van der Waals surface area (Å²) in [4.78, 5) is 14.2. The van der Waals surface area contributed by atoms with E-state index in [1.165, 1.54) is 4.70 Å². The summed E-state index contributed by atoms with van der Waals surface area (Å²) in [7, 11) is 0. The van der Waals surface area contributed by atoms with Crippen LogP contribution in [-0.4, -0.2) is 62.5 Å². The van der Waals surface area contributed by atoms with E-state index in [1.54, 1.807) is 11.3 Å². The number of morpholine rings is 1. The Bertz CT molecular complexity index is 629. The summed E-state index contributed by atoms with van der Waals surface area (Å²) in [5.41, 5.74) is 1.06. The van der Waals surface area contributed by atoms with Crippen molar-refractivity contribution < 1.29 is 4.74 Å². The first-order chi connectivity index (χ1) is 10.4. The van der Waals surface area contributed by atoms with E-state index < -0.39 is 0 Å². The van der Waals surface area contributed by atoms with Crippen LogP contribution in [0.1, 0.15) is 0 Å². The third kappa shape index (κ3) is 3.80. The van der Waals surface area contributed by atoms with Crippen molar-refractivity contribution in [3.63, 3.8) is 0 Å². The first kappa shape index (κ1) is 18.5. The Kier molecular flexibility index (Phi) is 6.67. The molecule has 0 saturated carbocycles. The van der Waals surface area contributed by atoms with Crippen LogP contribution in [0.2, 0.25) is 0 Å². The van der Waals surface area contributed by atoms with Crippen LogP contribution in [-0.2, 0) is 4.74 Å². The zero-order valence-corrected chi connectivity index (χ0v) is 15.2. The first-order valence-corrected chi connectivity index (χ1v) is 8.33. The maximum absolute atomic E-state index is 5.46. The normalized spacial score (nSPS) is 18.4. The lowest BCUT2D eigenvalue weighted by Crippen LogP contribution is -2.44. The van der Waals surface area contributed by atoms with Crippen molar-refractivity contribution in [1.29, 1.82) is 0 Å². The van der Waals surface area contributed by atoms with Gasteiger partial charge in [0.2, 0.25) is 5.95 Å². The largest absolute Gasteiger partial charge is 0.378 e. The average Bonchev–Trinajstić information content (AvgIpc) is 3.04. The number of aromatic nitrogens is 2. The zero-order chi connectivity index (χ0) is 14.1. The second-order valence-electron chi connectivity index (χ2n) is 5.32. The molecule has 0 bridgehead atoms. The fraction of sp³-hybridized carbons (Fsp3) is 0.571. The van der Waals surface area contributed by atoms with Gasteiger partial charge in [-0.15, -0.1) is 36.2 Å². The van der Waals surface area contributed by atoms with Gasteiger partial charge in [-0.2, -0.15) is 4.98 Å². The van der Waals surface area contributed by atoms with Crippen LogP contribution in [0, 0.1) is 0 Å². The number of rotatable bonds is 2. The van der Waals surface area contributed by atoms with Crippen LogP contribution in [0.5, 0.6) is 0 Å². The van der Waals surface area contributed by atoms with Crippen molar-refractivity contribution in [3.05, 3.63) is 11.4 Å². The molecule has 23 heavy (non-hydrogen) atoms. The van der Waals surface area contributed by atoms with Crippen molar-refractivity contribution >= 4 is 58.1 Å². The van der Waals surface area contributed by atoms with Gasteiger partial charge in [0.25, 0.3) is 0 Å². The van der Waals surface area contributed by atoms with Gasteiger partial charge in [0.1, 0.15) is 0 Å². The number of nitrogens with one attached hydrogen (secondary N) is 1. The van der Waals surface area contributed by atoms with Gasteiger partial charge in [-0.05, 0) is 11.4 Å². The number of nitrogens with zero attached hydrogens (tertiary/aromatic N) is 4. The molecule has 0 aliphatic carbocycles. The SMILES string of the molecule is Cl.Cl.c1cc2nc(N3CCNCC3)nc(N3CCOCC3)c2s1. The van der Waals surface area contributed by atoms with Crippen molar-refractivity contribution in [2.45, 2.75) is 0 Å². The van der Waals surface area contributed by atoms with E-state index in [9.17, 15) is 0 Å². The van der Waals surface area contributed by atoms with E-state index in [2.05, 4.69) is 26.6 Å². The molecule has 9 heteroatoms. The van der Waals surface area contributed by atoms with Gasteiger partial charge in [0.05, 0.1) is 23.4 Å². The molecule has 4 rings (SSSR count). The molecule has 0 radical (unpaired) electrons. The van der Waals surface area contributed by atoms with Crippen LogP contribution in [0.3, 0.4) is 0 Å². The first-order valence-electron chi connectivity index (χ1n) is 7.45. The number of ether oxygens (including phenoxy) is 1. The second kappa shape index (κ2) is 8.30. The Hall–Kier alpha value is -0.860. The van der Waals surface area contributed by atoms with Gasteiger partial charge in [-0.25, -0.2) is 4.98 Å². The summed E-state index contributed by atoms with van der Waals surface area (Å²) < 4.78 is 6.65. The summed E-state index contributed by atoms with van der Waals surface area (Å²) in [6.45, 7) is 7.31. The Morgan fingerprint density at radius 3 is 2.48 bits per heavy atom. The summed E-state index contributed by atoms with van der Waals surface area (Å²) in [6.07, 6.45) is 0. The lowest BCUT2D eigenvalue weighted by Gasteiger charge is -2.31. The van der Waals surface area contributed by atoms with E-state index in [0.717, 1.165) is 69.8 Å². The predicted octanol–water partition coefficient (Wildman–Crippen LogP) is 1.78. The number of piperazine rings is 1. The molecule has 6 nitrogen and oxygen atoms in total. The highest BCUT2D eigenvalue weighted by Gasteiger charge is 2.21. The van der Waals surface area contributed by atoms with E-state index in [-0.39, 0.29) is 24.8 Å². The number of fused-ring (bicyclic) bond motifs is 1. The fourth-order valence-corrected chi connectivity index (χ4v) is 3.68. The third-order valence-electron chi connectivity index (χ3n) is 3.98. The lowest BCUT2D eigenvalue weighted by atomic mass is 10.3. The molecule has 2 aliphatic heterocycles. The van der Waals surface area contributed by atoms with Gasteiger partial charge in [-0.3, -0.25) is 0 Å². The third-order valence-corrected chi connectivity index (χ3v) is 4.88. The van der Waals surface area contributed by atoms with Gasteiger partial charge >= 0.3 is 0 Å². The number of anilines is 2. The highest BCUT2D eigenvalue weighted by molar-refractivity contribution is 7.17. The standard InChI is InChI=1S/C14H19N5OS.2ClH/c1-10-21-12-11(1)16-14(19-4-2-15-3-5-19)17-13(12)18-6-8-20-9-7-18;;/h1,10,15H,2-9H2;2*1H. The van der Waals surface area contributed by atoms with Gasteiger partial charge < -0.3 is 19.9 Å². The molecule has 128 valence electrons. The minimum absolute atomic E-state index is 0. The Morgan fingerprint density at radius 2 is 1.74 bits per heavy atom. The smallest absolute Gasteiger partial charge is 0.228 e. The van der Waals surface area contributed by atoms with E-state index in [4.69, 9.17) is 14.7 Å². The summed E-state index contributed by atoms with van der Waals surface area (Å²) in [6, 6.07) is 2.09. The summed E-state index contributed by atoms with van der Waals surface area (Å²) in [5.74, 6) is 1.94. The fourth-order valence-electron chi connectivity index (χ4n) is 2.83. The van der Waals surface area contributed by atoms with Crippen molar-refractivity contribution in [3.8, 4) is 0 Å². The Labute approximate surface area is 152 Å². The van der Waals surface area contributed by atoms with Crippen molar-refractivity contribution in [1.82, 2.24) is 15.3 Å². The molecular weight excluding hydrogens is 357 g/mol. The topological polar surface area (TPSA) is 53.5 Å². The van der Waals surface area contributed by atoms with Crippen LogP contribution in [0.15, 0.2) is 11.4 Å². The van der Waals surface area contributed by atoms with Crippen molar-refractivity contribution in [2.24, 2.45) is 0 Å². The van der Waals surface area contributed by atoms with Gasteiger partial charge in [0.15, 0.2) is 5.82 Å². The maximum atomic E-state index is 5.46. The monoisotopic (exact) mass is 377 g/mol. The lowest BCUT2D eigenvalue weighted by molar-refractivity contribution is 0.122. The molecule has 2 aliphatic rings. The van der Waals surface area contributed by atoms with Gasteiger partial charge in [-0.1, -0.05) is 0 Å². The molecule has 2 aromatic heterocycles. The minimum Gasteiger partial charge on any atom is -0.378 e. The molecule has 0 atom stereocenters. The minimum atomic E-state index is 0. The van der Waals surface area contributed by atoms with Crippen LogP contribution in [0.4, 0.5) is 11.8 Å². The number of halogens is 2. The van der Waals surface area contributed by atoms with E-state index in [1.807, 2.05) is 0 Å². The quantitative estimate of drug-likeness (QED) is 0.860. The molecule has 0 aromatic carbocycles. The summed E-state index contributed by atoms with van der Waals surface area (Å²) >= 11 is 1.72. The van der Waals surface area contributed by atoms with E-state index in [0.29, 0.717) is 0 Å². The maximum Gasteiger partial charge on any atom is 0.228 e. The number of hydrogen-bond donors (Lipinski definition) is 1. The molecule has 2 aromatic rings. The number of hydrogen-bond acceptors (Lipinski definition) is 7. The molecule has 4 heterocycles. The molecule has 2 fully saturated rings. The second-order valence-corrected chi connectivity index (χ2v) is 6.23. The van der Waals surface area contributed by atoms with Crippen molar-refractivity contribution in [2.75, 3.05) is 62.3 Å². The average molecular weight is 378 g/mol. The Morgan fingerprint density at radius 1 is 1.00 bits per heavy atom. The van der Waals surface area contributed by atoms with E-state index >= 15 is 0 Å². The highest BCUT2D eigenvalue weighted by atomic mass is 35.5. The molecular formula is C14H21Cl2N5OS. The molecule has 0 unspecified atom stereocenters. The van der Waals surface area contributed by atoms with Gasteiger partial charge in [0, 0.05) is 39.3 Å². The molecule has 2 saturated heterocycles. The highest BCUT2D eigenvalue weighted by Crippen LogP contribution is 2.31.